The molecule has 2 aliphatic carbocycles. The SMILES string of the molecule is C=CCN1CC[C@]23c4c5ccc(OC(C)=O)c4O[C@H]2[C@@H](N(CC(C)C)C(=O)/C=C/c2cc(Br)cs2)CC[C@@]3(OC(C)=O)[C@H]1C5. The maximum Gasteiger partial charge on any atom is 0.308 e. The molecule has 5 atom stereocenters. The number of amides is 1. The van der Waals surface area contributed by atoms with Gasteiger partial charge in [-0.2, -0.15) is 0 Å². The number of hydrogen-bond acceptors (Lipinski definition) is 8. The fraction of sp³-hybridized carbons (Fsp3) is 0.500. The second-order valence-corrected chi connectivity index (χ2v) is 14.6. The smallest absolute Gasteiger partial charge is 0.308 e. The van der Waals surface area contributed by atoms with Crippen LogP contribution in [0.3, 0.4) is 0 Å². The molecular formula is C34H39BrN2O6S. The number of esters is 2. The highest BCUT2D eigenvalue weighted by Crippen LogP contribution is 2.67. The largest absolute Gasteiger partial charge is 0.483 e. The molecule has 4 aliphatic rings. The number of carbonyl (C=O) groups is 3. The number of likely N-dealkylation sites (tertiary alicyclic amines) is 1. The van der Waals surface area contributed by atoms with Gasteiger partial charge in [-0.3, -0.25) is 19.3 Å². The predicted molar refractivity (Wildman–Crippen MR) is 173 cm³/mol. The summed E-state index contributed by atoms with van der Waals surface area (Å²) < 4.78 is 20.2. The van der Waals surface area contributed by atoms with E-state index in [0.717, 1.165) is 27.0 Å². The average Bonchev–Trinajstić information content (AvgIpc) is 3.53. The molecule has 234 valence electrons. The van der Waals surface area contributed by atoms with Gasteiger partial charge in [0.2, 0.25) is 5.91 Å². The zero-order valence-electron chi connectivity index (χ0n) is 25.6. The Morgan fingerprint density at radius 1 is 1.25 bits per heavy atom. The van der Waals surface area contributed by atoms with Gasteiger partial charge in [-0.15, -0.1) is 17.9 Å². The van der Waals surface area contributed by atoms with E-state index in [1.54, 1.807) is 17.4 Å². The molecule has 3 heterocycles. The number of rotatable bonds is 9. The first-order chi connectivity index (χ1) is 21.0. The summed E-state index contributed by atoms with van der Waals surface area (Å²) >= 11 is 5.06. The van der Waals surface area contributed by atoms with Gasteiger partial charge >= 0.3 is 11.9 Å². The lowest BCUT2D eigenvalue weighted by Crippen LogP contribution is -2.79. The molecule has 0 N–H and O–H groups in total. The van der Waals surface area contributed by atoms with Gasteiger partial charge in [0.05, 0.1) is 17.5 Å². The van der Waals surface area contributed by atoms with Gasteiger partial charge in [-0.1, -0.05) is 26.0 Å². The Kier molecular flexibility index (Phi) is 8.30. The van der Waals surface area contributed by atoms with Crippen LogP contribution in [0.4, 0.5) is 0 Å². The van der Waals surface area contributed by atoms with Crippen molar-refractivity contribution >= 4 is 51.2 Å². The van der Waals surface area contributed by atoms with Crippen LogP contribution in [0, 0.1) is 5.92 Å². The van der Waals surface area contributed by atoms with E-state index in [4.69, 9.17) is 14.2 Å². The molecule has 8 nitrogen and oxygen atoms in total. The Labute approximate surface area is 271 Å². The number of halogens is 1. The van der Waals surface area contributed by atoms with E-state index in [9.17, 15) is 14.4 Å². The molecule has 6 rings (SSSR count). The zero-order chi connectivity index (χ0) is 31.4. The van der Waals surface area contributed by atoms with Gasteiger partial charge < -0.3 is 19.1 Å². The average molecular weight is 684 g/mol. The molecule has 2 fully saturated rings. The van der Waals surface area contributed by atoms with Crippen molar-refractivity contribution in [1.82, 2.24) is 9.80 Å². The maximum absolute atomic E-state index is 14.1. The van der Waals surface area contributed by atoms with E-state index in [-0.39, 0.29) is 29.9 Å². The number of ether oxygens (including phenoxy) is 3. The summed E-state index contributed by atoms with van der Waals surface area (Å²) in [4.78, 5) is 44.5. The van der Waals surface area contributed by atoms with Crippen molar-refractivity contribution in [1.29, 1.82) is 0 Å². The van der Waals surface area contributed by atoms with Gasteiger partial charge in [0.25, 0.3) is 0 Å². The second-order valence-electron chi connectivity index (χ2n) is 12.8. The highest BCUT2D eigenvalue weighted by molar-refractivity contribution is 9.10. The van der Waals surface area contributed by atoms with Crippen molar-refractivity contribution in [2.45, 2.75) is 82.6 Å². The van der Waals surface area contributed by atoms with Crippen LogP contribution < -0.4 is 9.47 Å². The van der Waals surface area contributed by atoms with Crippen molar-refractivity contribution in [3.8, 4) is 11.5 Å². The van der Waals surface area contributed by atoms with Gasteiger partial charge in [-0.05, 0) is 71.3 Å². The van der Waals surface area contributed by atoms with Crippen LogP contribution in [0.5, 0.6) is 11.5 Å². The fourth-order valence-electron chi connectivity index (χ4n) is 8.41. The molecule has 1 amide bonds. The molecule has 2 aliphatic heterocycles. The Morgan fingerprint density at radius 2 is 2.05 bits per heavy atom. The normalized spacial score (nSPS) is 28.4. The van der Waals surface area contributed by atoms with Crippen LogP contribution in [-0.4, -0.2) is 71.1 Å². The standard InChI is InChI=1S/C34H39BrN2O6S/c1-6-14-36-15-13-33-30-23-7-9-27(41-21(4)38)31(30)42-32(33)26(11-12-34(33,28(36)16-23)43-22(5)39)37(18-20(2)3)29(40)10-8-25-17-24(35)19-44-25/h6-10,17,19-20,26,28,32H,1,11-16,18H2,2-5H3/b10-8+/t26-,28+,32-,33-,34+/m0/s1. The molecule has 2 aromatic rings. The number of nitrogens with zero attached hydrogens (tertiary/aromatic N) is 2. The first-order valence-electron chi connectivity index (χ1n) is 15.3. The van der Waals surface area contributed by atoms with Crippen LogP contribution in [0.25, 0.3) is 6.08 Å². The molecule has 1 saturated heterocycles. The van der Waals surface area contributed by atoms with Gasteiger partial charge in [0.1, 0.15) is 11.7 Å². The third kappa shape index (κ3) is 4.93. The van der Waals surface area contributed by atoms with Crippen molar-refractivity contribution in [3.05, 3.63) is 62.8 Å². The first-order valence-corrected chi connectivity index (χ1v) is 17.0. The third-order valence-electron chi connectivity index (χ3n) is 9.65. The lowest BCUT2D eigenvalue weighted by atomic mass is 9.48. The van der Waals surface area contributed by atoms with Crippen molar-refractivity contribution in [2.75, 3.05) is 19.6 Å². The summed E-state index contributed by atoms with van der Waals surface area (Å²) in [5.74, 6) is 0.271. The number of thiophene rings is 1. The quantitative estimate of drug-likeness (QED) is 0.141. The Bertz CT molecular complexity index is 1540. The Morgan fingerprint density at radius 3 is 2.70 bits per heavy atom. The molecule has 1 spiro atoms. The minimum absolute atomic E-state index is 0.0824. The molecule has 2 bridgehead atoms. The summed E-state index contributed by atoms with van der Waals surface area (Å²) in [6.07, 6.45) is 7.43. The van der Waals surface area contributed by atoms with Crippen molar-refractivity contribution in [2.24, 2.45) is 5.92 Å². The van der Waals surface area contributed by atoms with E-state index in [1.807, 2.05) is 40.6 Å². The Balaban J connectivity index is 1.51. The minimum atomic E-state index is -0.875. The molecular weight excluding hydrogens is 644 g/mol. The van der Waals surface area contributed by atoms with E-state index in [2.05, 4.69) is 41.3 Å². The number of piperidine rings is 1. The highest BCUT2D eigenvalue weighted by Gasteiger charge is 2.75. The van der Waals surface area contributed by atoms with Gasteiger partial charge in [-0.25, -0.2) is 0 Å². The summed E-state index contributed by atoms with van der Waals surface area (Å²) in [7, 11) is 0. The maximum atomic E-state index is 14.1. The topological polar surface area (TPSA) is 85.4 Å². The second kappa shape index (κ2) is 11.8. The lowest BCUT2D eigenvalue weighted by Gasteiger charge is -2.65. The molecule has 1 aromatic heterocycles. The highest BCUT2D eigenvalue weighted by atomic mass is 79.9. The van der Waals surface area contributed by atoms with Crippen LogP contribution in [0.15, 0.2) is 46.8 Å². The number of carbonyl (C=O) groups excluding carboxylic acids is 3. The van der Waals surface area contributed by atoms with E-state index < -0.39 is 23.1 Å². The van der Waals surface area contributed by atoms with E-state index in [0.29, 0.717) is 50.3 Å². The molecule has 1 aromatic carbocycles. The van der Waals surface area contributed by atoms with Crippen molar-refractivity contribution in [3.63, 3.8) is 0 Å². The predicted octanol–water partition coefficient (Wildman–Crippen LogP) is 5.91. The molecule has 0 radical (unpaired) electrons. The molecule has 44 heavy (non-hydrogen) atoms. The molecule has 10 heteroatoms. The summed E-state index contributed by atoms with van der Waals surface area (Å²) in [5, 5.41) is 1.99. The number of hydrogen-bond donors (Lipinski definition) is 0. The molecule has 1 saturated carbocycles. The van der Waals surface area contributed by atoms with E-state index in [1.165, 1.54) is 13.8 Å². The van der Waals surface area contributed by atoms with Gasteiger partial charge in [0, 0.05) is 59.9 Å². The summed E-state index contributed by atoms with van der Waals surface area (Å²) in [6.45, 7) is 13.1. The van der Waals surface area contributed by atoms with Gasteiger partial charge in [0.15, 0.2) is 11.5 Å². The van der Waals surface area contributed by atoms with Crippen LogP contribution in [0.2, 0.25) is 0 Å². The Hall–Kier alpha value is -2.95. The van der Waals surface area contributed by atoms with Crippen molar-refractivity contribution < 1.29 is 28.6 Å². The van der Waals surface area contributed by atoms with Crippen LogP contribution >= 0.6 is 27.3 Å². The summed E-state index contributed by atoms with van der Waals surface area (Å²) in [5.41, 5.74) is 0.476. The lowest BCUT2D eigenvalue weighted by molar-refractivity contribution is -0.223. The monoisotopic (exact) mass is 682 g/mol. The fourth-order valence-corrected chi connectivity index (χ4v) is 9.75. The third-order valence-corrected chi connectivity index (χ3v) is 11.3. The van der Waals surface area contributed by atoms with Crippen LogP contribution in [0.1, 0.15) is 63.0 Å². The summed E-state index contributed by atoms with van der Waals surface area (Å²) in [6, 6.07) is 5.44. The number of benzene rings is 1. The van der Waals surface area contributed by atoms with Crippen LogP contribution in [-0.2, 0) is 31.0 Å². The zero-order valence-corrected chi connectivity index (χ0v) is 28.0. The van der Waals surface area contributed by atoms with E-state index >= 15 is 0 Å². The molecule has 0 unspecified atom stereocenters. The first kappa shape index (κ1) is 31.0. The minimum Gasteiger partial charge on any atom is -0.483 e.